The number of rotatable bonds is 2. The molecule has 3 nitrogen and oxygen atoms in total. The van der Waals surface area contributed by atoms with Gasteiger partial charge in [-0.25, -0.2) is 0 Å². The Morgan fingerprint density at radius 3 is 2.72 bits per heavy atom. The Kier molecular flexibility index (Phi) is 3.59. The molecule has 1 saturated heterocycles. The second-order valence-corrected chi connectivity index (χ2v) is 6.88. The highest BCUT2D eigenvalue weighted by Crippen LogP contribution is 2.46. The number of fused-ring (bicyclic) bond motifs is 1. The fourth-order valence-corrected chi connectivity index (χ4v) is 4.09. The minimum atomic E-state index is -0.0561. The van der Waals surface area contributed by atoms with E-state index in [-0.39, 0.29) is 28.8 Å². The van der Waals surface area contributed by atoms with Crippen molar-refractivity contribution in [1.29, 1.82) is 0 Å². The van der Waals surface area contributed by atoms with Crippen molar-refractivity contribution >= 4 is 18.6 Å². The van der Waals surface area contributed by atoms with Gasteiger partial charge in [-0.1, -0.05) is 19.3 Å². The molecular formula is C14H22O3S. The summed E-state index contributed by atoms with van der Waals surface area (Å²) in [5.41, 5.74) is 0. The molecular weight excluding hydrogens is 248 g/mol. The van der Waals surface area contributed by atoms with Crippen molar-refractivity contribution in [3.63, 3.8) is 0 Å². The lowest BCUT2D eigenvalue weighted by molar-refractivity contribution is -0.160. The highest BCUT2D eigenvalue weighted by Gasteiger charge is 2.52. The summed E-state index contributed by atoms with van der Waals surface area (Å²) in [7, 11) is 0. The van der Waals surface area contributed by atoms with Gasteiger partial charge in [0.15, 0.2) is 0 Å². The molecule has 4 heteroatoms. The van der Waals surface area contributed by atoms with Gasteiger partial charge in [0, 0.05) is 11.4 Å². The first-order chi connectivity index (χ1) is 8.69. The molecule has 0 aromatic carbocycles. The van der Waals surface area contributed by atoms with Crippen molar-refractivity contribution in [2.45, 2.75) is 68.3 Å². The van der Waals surface area contributed by atoms with E-state index in [1.165, 1.54) is 19.3 Å². The van der Waals surface area contributed by atoms with Crippen LogP contribution in [0.2, 0.25) is 0 Å². The van der Waals surface area contributed by atoms with Crippen molar-refractivity contribution in [3.05, 3.63) is 0 Å². The number of carbonyl (C=O) groups excluding carboxylic acids is 1. The van der Waals surface area contributed by atoms with Crippen molar-refractivity contribution in [2.24, 2.45) is 5.92 Å². The summed E-state index contributed by atoms with van der Waals surface area (Å²) in [6.45, 7) is 0.756. The van der Waals surface area contributed by atoms with Crippen LogP contribution in [-0.4, -0.2) is 29.5 Å². The molecule has 0 bridgehead atoms. The van der Waals surface area contributed by atoms with Gasteiger partial charge in [-0.3, -0.25) is 4.79 Å². The van der Waals surface area contributed by atoms with Gasteiger partial charge in [0.1, 0.15) is 12.2 Å². The fraction of sp³-hybridized carbons (Fsp3) is 0.929. The number of thiol groups is 1. The molecule has 3 atom stereocenters. The zero-order valence-electron chi connectivity index (χ0n) is 10.8. The smallest absolute Gasteiger partial charge is 0.309 e. The molecule has 3 fully saturated rings. The van der Waals surface area contributed by atoms with E-state index in [4.69, 9.17) is 22.1 Å². The first-order valence-corrected chi connectivity index (χ1v) is 7.68. The zero-order valence-corrected chi connectivity index (χ0v) is 11.7. The summed E-state index contributed by atoms with van der Waals surface area (Å²) < 4.78 is 11.4. The van der Waals surface area contributed by atoms with Gasteiger partial charge in [0.2, 0.25) is 0 Å². The van der Waals surface area contributed by atoms with Gasteiger partial charge < -0.3 is 9.47 Å². The molecule has 3 rings (SSSR count). The van der Waals surface area contributed by atoms with Crippen LogP contribution in [0.3, 0.4) is 0 Å². The van der Waals surface area contributed by atoms with Crippen LogP contribution in [0.15, 0.2) is 0 Å². The molecule has 2 aliphatic carbocycles. The maximum atomic E-state index is 12.1. The Morgan fingerprint density at radius 1 is 1.17 bits per heavy atom. The van der Waals surface area contributed by atoms with E-state index < -0.39 is 0 Å². The molecule has 2 saturated carbocycles. The van der Waals surface area contributed by atoms with Gasteiger partial charge in [0.05, 0.1) is 5.92 Å². The predicted molar refractivity (Wildman–Crippen MR) is 71.8 cm³/mol. The lowest BCUT2D eigenvalue weighted by Crippen LogP contribution is -2.37. The third-order valence-electron chi connectivity index (χ3n) is 4.77. The van der Waals surface area contributed by atoms with Crippen LogP contribution in [0, 0.1) is 5.92 Å². The molecule has 0 aromatic rings. The summed E-state index contributed by atoms with van der Waals surface area (Å²) in [5.74, 6) is 0.142. The van der Waals surface area contributed by atoms with Crippen LogP contribution < -0.4 is 0 Å². The third-order valence-corrected chi connectivity index (χ3v) is 5.47. The van der Waals surface area contributed by atoms with Crippen LogP contribution in [0.5, 0.6) is 0 Å². The lowest BCUT2D eigenvalue weighted by Gasteiger charge is -2.26. The Labute approximate surface area is 114 Å². The Morgan fingerprint density at radius 2 is 1.94 bits per heavy atom. The van der Waals surface area contributed by atoms with Crippen LogP contribution in [0.4, 0.5) is 0 Å². The summed E-state index contributed by atoms with van der Waals surface area (Å²) in [5, 5.41) is 0. The first-order valence-electron chi connectivity index (χ1n) is 7.23. The van der Waals surface area contributed by atoms with Crippen molar-refractivity contribution in [2.75, 3.05) is 6.61 Å². The molecule has 102 valence electrons. The highest BCUT2D eigenvalue weighted by atomic mass is 32.1. The normalized spacial score (nSPS) is 40.7. The average Bonchev–Trinajstić information content (AvgIpc) is 2.89. The predicted octanol–water partition coefficient (Wildman–Crippen LogP) is 2.73. The summed E-state index contributed by atoms with van der Waals surface area (Å²) in [4.78, 5) is 12.1. The summed E-state index contributed by atoms with van der Waals surface area (Å²) in [6, 6.07) is 0. The summed E-state index contributed by atoms with van der Waals surface area (Å²) >= 11 is 4.73. The SMILES string of the molecule is O=C(OC1CC[C@]2(S)CCO[C@H]12)C1CCCCC1. The largest absolute Gasteiger partial charge is 0.459 e. The second kappa shape index (κ2) is 5.04. The van der Waals surface area contributed by atoms with E-state index >= 15 is 0 Å². The molecule has 18 heavy (non-hydrogen) atoms. The van der Waals surface area contributed by atoms with Crippen LogP contribution in [0.25, 0.3) is 0 Å². The topological polar surface area (TPSA) is 35.5 Å². The van der Waals surface area contributed by atoms with E-state index in [0.29, 0.717) is 0 Å². The summed E-state index contributed by atoms with van der Waals surface area (Å²) in [6.07, 6.45) is 8.47. The second-order valence-electron chi connectivity index (χ2n) is 5.99. The molecule has 0 N–H and O–H groups in total. The average molecular weight is 270 g/mol. The molecule has 1 aliphatic heterocycles. The van der Waals surface area contributed by atoms with Crippen molar-refractivity contribution < 1.29 is 14.3 Å². The molecule has 1 unspecified atom stereocenters. The number of esters is 1. The van der Waals surface area contributed by atoms with E-state index in [1.54, 1.807) is 0 Å². The van der Waals surface area contributed by atoms with Crippen molar-refractivity contribution in [3.8, 4) is 0 Å². The molecule has 0 amide bonds. The standard InChI is InChI=1S/C14H22O3S/c15-13(10-4-2-1-3-5-10)17-11-6-7-14(18)8-9-16-12(11)14/h10-12,18H,1-9H2/t11?,12-,14+/m1/s1. The minimum Gasteiger partial charge on any atom is -0.459 e. The maximum absolute atomic E-state index is 12.1. The zero-order chi connectivity index (χ0) is 12.6. The van der Waals surface area contributed by atoms with E-state index in [9.17, 15) is 4.79 Å². The maximum Gasteiger partial charge on any atom is 0.309 e. The Balaban J connectivity index is 1.58. The fourth-order valence-electron chi connectivity index (χ4n) is 3.63. The minimum absolute atomic E-state index is 0.00721. The number of carbonyl (C=O) groups is 1. The quantitative estimate of drug-likeness (QED) is 0.619. The highest BCUT2D eigenvalue weighted by molar-refractivity contribution is 7.81. The Bertz CT molecular complexity index is 327. The molecule has 0 aromatic heterocycles. The lowest BCUT2D eigenvalue weighted by atomic mass is 9.89. The van der Waals surface area contributed by atoms with Gasteiger partial charge in [-0.05, 0) is 32.1 Å². The van der Waals surface area contributed by atoms with E-state index in [1.807, 2.05) is 0 Å². The molecule has 0 spiro atoms. The third kappa shape index (κ3) is 2.29. The molecule has 0 radical (unpaired) electrons. The molecule has 3 aliphatic rings. The molecule has 1 heterocycles. The Hall–Kier alpha value is -0.220. The first kappa shape index (κ1) is 12.8. The van der Waals surface area contributed by atoms with Crippen molar-refractivity contribution in [1.82, 2.24) is 0 Å². The van der Waals surface area contributed by atoms with Gasteiger partial charge in [-0.2, -0.15) is 12.6 Å². The number of hydrogen-bond donors (Lipinski definition) is 1. The van der Waals surface area contributed by atoms with Crippen LogP contribution >= 0.6 is 12.6 Å². The monoisotopic (exact) mass is 270 g/mol. The van der Waals surface area contributed by atoms with E-state index in [0.717, 1.165) is 38.7 Å². The van der Waals surface area contributed by atoms with Gasteiger partial charge in [0.25, 0.3) is 0 Å². The van der Waals surface area contributed by atoms with E-state index in [2.05, 4.69) is 0 Å². The number of hydrogen-bond acceptors (Lipinski definition) is 4. The van der Waals surface area contributed by atoms with Crippen LogP contribution in [0.1, 0.15) is 51.4 Å². The van der Waals surface area contributed by atoms with Gasteiger partial charge in [-0.15, -0.1) is 0 Å². The number of ether oxygens (including phenoxy) is 2. The van der Waals surface area contributed by atoms with Crippen LogP contribution in [-0.2, 0) is 14.3 Å². The van der Waals surface area contributed by atoms with Gasteiger partial charge >= 0.3 is 5.97 Å².